The monoisotopic (exact) mass is 274 g/mol. The molecule has 0 saturated heterocycles. The maximum atomic E-state index is 5.81. The first kappa shape index (κ1) is 12.1. The van der Waals surface area contributed by atoms with E-state index in [9.17, 15) is 0 Å². The first-order valence-corrected chi connectivity index (χ1v) is 6.96. The van der Waals surface area contributed by atoms with Gasteiger partial charge in [-0.15, -0.1) is 0 Å². The Morgan fingerprint density at radius 2 is 1.86 bits per heavy atom. The number of fused-ring (bicyclic) bond motifs is 3. The first-order valence-electron chi connectivity index (χ1n) is 6.96. The average molecular weight is 274 g/mol. The van der Waals surface area contributed by atoms with Gasteiger partial charge in [0.2, 0.25) is 5.90 Å². The molecule has 1 aromatic heterocycles. The number of aryl methyl sites for hydroxylation is 1. The van der Waals surface area contributed by atoms with Crippen LogP contribution in [0.5, 0.6) is 0 Å². The molecule has 0 bridgehead atoms. The number of ether oxygens (including phenoxy) is 1. The van der Waals surface area contributed by atoms with Gasteiger partial charge in [-0.3, -0.25) is 4.98 Å². The molecule has 0 unspecified atom stereocenters. The van der Waals surface area contributed by atoms with Gasteiger partial charge in [-0.05, 0) is 37.3 Å². The fraction of sp³-hybridized carbons (Fsp3) is 0.111. The number of benzene rings is 2. The lowest BCUT2D eigenvalue weighted by Gasteiger charge is -2.18. The van der Waals surface area contributed by atoms with Crippen LogP contribution in [-0.4, -0.2) is 10.9 Å². The maximum Gasteiger partial charge on any atom is 0.221 e. The fourth-order valence-corrected chi connectivity index (χ4v) is 2.55. The van der Waals surface area contributed by atoms with Gasteiger partial charge in [0.1, 0.15) is 6.61 Å². The topological polar surface area (TPSA) is 34.5 Å². The lowest BCUT2D eigenvalue weighted by atomic mass is 10.1. The second-order valence-corrected chi connectivity index (χ2v) is 5.22. The lowest BCUT2D eigenvalue weighted by Crippen LogP contribution is -2.11. The quantitative estimate of drug-likeness (QED) is 0.668. The summed E-state index contributed by atoms with van der Waals surface area (Å²) in [5.74, 6) is 0.679. The normalized spacial score (nSPS) is 13.5. The third kappa shape index (κ3) is 2.07. The van der Waals surface area contributed by atoms with Crippen molar-refractivity contribution >= 4 is 22.5 Å². The largest absolute Gasteiger partial charge is 0.472 e. The highest BCUT2D eigenvalue weighted by molar-refractivity contribution is 6.01. The molecule has 1 aliphatic heterocycles. The number of rotatable bonds is 1. The summed E-state index contributed by atoms with van der Waals surface area (Å²) in [6.07, 6.45) is 1.80. The zero-order valence-corrected chi connectivity index (χ0v) is 11.7. The maximum absolute atomic E-state index is 5.81. The second kappa shape index (κ2) is 4.70. The summed E-state index contributed by atoms with van der Waals surface area (Å²) in [5, 5.41) is 1.07. The molecule has 0 atom stereocenters. The molecule has 4 rings (SSSR count). The fourth-order valence-electron chi connectivity index (χ4n) is 2.55. The summed E-state index contributed by atoms with van der Waals surface area (Å²) >= 11 is 0. The molecule has 3 aromatic rings. The van der Waals surface area contributed by atoms with Gasteiger partial charge in [0.05, 0.1) is 11.2 Å². The van der Waals surface area contributed by atoms with Crippen LogP contribution in [0.15, 0.2) is 59.7 Å². The smallest absolute Gasteiger partial charge is 0.221 e. The zero-order valence-electron chi connectivity index (χ0n) is 11.7. The van der Waals surface area contributed by atoms with E-state index < -0.39 is 0 Å². The van der Waals surface area contributed by atoms with Crippen LogP contribution in [0.1, 0.15) is 16.7 Å². The Labute approximate surface area is 122 Å². The number of pyridine rings is 1. The van der Waals surface area contributed by atoms with Gasteiger partial charge < -0.3 is 4.74 Å². The number of aromatic nitrogens is 1. The molecule has 1 aliphatic rings. The van der Waals surface area contributed by atoms with Crippen molar-refractivity contribution in [2.75, 3.05) is 0 Å². The molecule has 21 heavy (non-hydrogen) atoms. The van der Waals surface area contributed by atoms with Crippen LogP contribution in [0.2, 0.25) is 0 Å². The molecule has 102 valence electrons. The van der Waals surface area contributed by atoms with Crippen LogP contribution in [0.3, 0.4) is 0 Å². The molecule has 0 amide bonds. The van der Waals surface area contributed by atoms with E-state index in [-0.39, 0.29) is 0 Å². The third-order valence-electron chi connectivity index (χ3n) is 3.72. The Balaban J connectivity index is 1.89. The van der Waals surface area contributed by atoms with Gasteiger partial charge in [-0.1, -0.05) is 23.8 Å². The average Bonchev–Trinajstić information content (AvgIpc) is 2.55. The minimum atomic E-state index is 0.548. The summed E-state index contributed by atoms with van der Waals surface area (Å²) in [5.41, 5.74) is 5.27. The van der Waals surface area contributed by atoms with Gasteiger partial charge in [-0.25, -0.2) is 4.99 Å². The van der Waals surface area contributed by atoms with Crippen LogP contribution in [-0.2, 0) is 11.3 Å². The van der Waals surface area contributed by atoms with Crippen LogP contribution >= 0.6 is 0 Å². The van der Waals surface area contributed by atoms with Crippen molar-refractivity contribution in [3.8, 4) is 0 Å². The van der Waals surface area contributed by atoms with E-state index in [4.69, 9.17) is 9.73 Å². The van der Waals surface area contributed by atoms with Crippen molar-refractivity contribution in [1.29, 1.82) is 0 Å². The Morgan fingerprint density at radius 3 is 2.71 bits per heavy atom. The molecule has 3 heteroatoms. The number of hydrogen-bond donors (Lipinski definition) is 0. The van der Waals surface area contributed by atoms with Crippen LogP contribution in [0, 0.1) is 6.92 Å². The van der Waals surface area contributed by atoms with E-state index in [0.717, 1.165) is 27.7 Å². The van der Waals surface area contributed by atoms with Crippen molar-refractivity contribution in [1.82, 2.24) is 4.98 Å². The molecule has 0 N–H and O–H groups in total. The minimum absolute atomic E-state index is 0.548. The van der Waals surface area contributed by atoms with Crippen molar-refractivity contribution in [3.63, 3.8) is 0 Å². The Bertz CT molecular complexity index is 851. The molecule has 0 spiro atoms. The van der Waals surface area contributed by atoms with E-state index in [1.807, 2.05) is 30.3 Å². The zero-order chi connectivity index (χ0) is 14.2. The van der Waals surface area contributed by atoms with E-state index in [2.05, 4.69) is 30.1 Å². The molecule has 0 saturated carbocycles. The van der Waals surface area contributed by atoms with Gasteiger partial charge in [0, 0.05) is 22.7 Å². The van der Waals surface area contributed by atoms with Gasteiger partial charge in [-0.2, -0.15) is 0 Å². The molecule has 3 nitrogen and oxygen atoms in total. The Kier molecular flexibility index (Phi) is 2.71. The van der Waals surface area contributed by atoms with Gasteiger partial charge in [0.15, 0.2) is 0 Å². The summed E-state index contributed by atoms with van der Waals surface area (Å²) in [6, 6.07) is 16.3. The van der Waals surface area contributed by atoms with Crippen molar-refractivity contribution in [3.05, 3.63) is 71.4 Å². The van der Waals surface area contributed by atoms with Crippen molar-refractivity contribution in [2.24, 2.45) is 4.99 Å². The lowest BCUT2D eigenvalue weighted by molar-refractivity contribution is 0.288. The molecule has 0 aliphatic carbocycles. The summed E-state index contributed by atoms with van der Waals surface area (Å²) < 4.78 is 5.81. The Morgan fingerprint density at radius 1 is 1.00 bits per heavy atom. The number of nitrogens with zero attached hydrogens (tertiary/aromatic N) is 2. The number of aliphatic imine (C=N–C) groups is 1. The predicted octanol–water partition coefficient (Wildman–Crippen LogP) is 4.15. The highest BCUT2D eigenvalue weighted by Gasteiger charge is 2.17. The van der Waals surface area contributed by atoms with E-state index in [1.165, 1.54) is 5.56 Å². The van der Waals surface area contributed by atoms with Gasteiger partial charge >= 0.3 is 0 Å². The van der Waals surface area contributed by atoms with Crippen molar-refractivity contribution < 1.29 is 4.74 Å². The molecule has 0 fully saturated rings. The van der Waals surface area contributed by atoms with Crippen LogP contribution < -0.4 is 0 Å². The second-order valence-electron chi connectivity index (χ2n) is 5.22. The summed E-state index contributed by atoms with van der Waals surface area (Å²) in [7, 11) is 0. The van der Waals surface area contributed by atoms with E-state index in [0.29, 0.717) is 12.5 Å². The van der Waals surface area contributed by atoms with Crippen molar-refractivity contribution in [2.45, 2.75) is 13.5 Å². The molecular formula is C18H14N2O. The molecule has 2 aromatic carbocycles. The van der Waals surface area contributed by atoms with Gasteiger partial charge in [0.25, 0.3) is 0 Å². The van der Waals surface area contributed by atoms with E-state index >= 15 is 0 Å². The summed E-state index contributed by atoms with van der Waals surface area (Å²) in [6.45, 7) is 2.62. The third-order valence-corrected chi connectivity index (χ3v) is 3.72. The number of hydrogen-bond acceptors (Lipinski definition) is 3. The molecular weight excluding hydrogens is 260 g/mol. The Hall–Kier alpha value is -2.68. The SMILES string of the molecule is Cc1ccc(C2=Nc3c(ccc4ncccc34)CO2)cc1. The predicted molar refractivity (Wildman–Crippen MR) is 83.9 cm³/mol. The minimum Gasteiger partial charge on any atom is -0.472 e. The van der Waals surface area contributed by atoms with Crippen LogP contribution in [0.25, 0.3) is 10.9 Å². The first-order chi connectivity index (χ1) is 10.3. The molecule has 0 radical (unpaired) electrons. The molecule has 2 heterocycles. The summed E-state index contributed by atoms with van der Waals surface area (Å²) in [4.78, 5) is 9.12. The van der Waals surface area contributed by atoms with Crippen LogP contribution in [0.4, 0.5) is 5.69 Å². The van der Waals surface area contributed by atoms with E-state index in [1.54, 1.807) is 6.20 Å². The highest BCUT2D eigenvalue weighted by atomic mass is 16.5. The highest BCUT2D eigenvalue weighted by Crippen LogP contribution is 2.33. The standard InChI is InChI=1S/C18H14N2O/c1-12-4-6-13(7-5-12)18-20-17-14(11-21-18)8-9-16-15(17)3-2-10-19-16/h2-10H,11H2,1H3.